The molecule has 0 aliphatic rings. The van der Waals surface area contributed by atoms with Gasteiger partial charge in [0, 0.05) is 12.8 Å². The van der Waals surface area contributed by atoms with Crippen LogP contribution in [0.1, 0.15) is 6.42 Å². The van der Waals surface area contributed by atoms with Gasteiger partial charge in [-0.15, -0.1) is 0 Å². The van der Waals surface area contributed by atoms with Crippen LogP contribution in [0.15, 0.2) is 18.2 Å². The number of methoxy groups -OCH3 is 1. The standard InChI is InChI=1S/C10H13FN2O2/c1-15-5-4-10(14)13-9-6-7(12)2-3-8(9)11/h2-3,6H,4-5,12H2,1H3,(H,13,14). The molecule has 0 spiro atoms. The van der Waals surface area contributed by atoms with Gasteiger partial charge in [0.05, 0.1) is 18.7 Å². The first-order valence-corrected chi connectivity index (χ1v) is 4.47. The van der Waals surface area contributed by atoms with Gasteiger partial charge >= 0.3 is 0 Å². The molecule has 0 aliphatic heterocycles. The summed E-state index contributed by atoms with van der Waals surface area (Å²) in [6.07, 6.45) is 0.185. The van der Waals surface area contributed by atoms with Crippen molar-refractivity contribution in [3.8, 4) is 0 Å². The second-order valence-corrected chi connectivity index (χ2v) is 3.03. The van der Waals surface area contributed by atoms with Crippen LogP contribution in [0, 0.1) is 5.82 Å². The molecule has 0 atom stereocenters. The summed E-state index contributed by atoms with van der Waals surface area (Å²) in [5.74, 6) is -0.809. The number of carbonyl (C=O) groups is 1. The van der Waals surface area contributed by atoms with Gasteiger partial charge in [0.2, 0.25) is 5.91 Å². The van der Waals surface area contributed by atoms with Gasteiger partial charge in [0.15, 0.2) is 0 Å². The highest BCUT2D eigenvalue weighted by Crippen LogP contribution is 2.17. The third-order valence-corrected chi connectivity index (χ3v) is 1.80. The number of nitrogens with one attached hydrogen (secondary N) is 1. The predicted octanol–water partition coefficient (Wildman–Crippen LogP) is 1.38. The molecule has 0 fully saturated rings. The smallest absolute Gasteiger partial charge is 0.226 e. The fourth-order valence-electron chi connectivity index (χ4n) is 1.05. The minimum absolute atomic E-state index is 0.0936. The zero-order valence-corrected chi connectivity index (χ0v) is 8.42. The largest absolute Gasteiger partial charge is 0.399 e. The van der Waals surface area contributed by atoms with Gasteiger partial charge < -0.3 is 15.8 Å². The van der Waals surface area contributed by atoms with Gasteiger partial charge in [0.25, 0.3) is 0 Å². The molecule has 1 amide bonds. The lowest BCUT2D eigenvalue weighted by Gasteiger charge is -2.06. The predicted molar refractivity (Wildman–Crippen MR) is 55.9 cm³/mol. The Morgan fingerprint density at radius 3 is 3.00 bits per heavy atom. The van der Waals surface area contributed by atoms with Crippen LogP contribution < -0.4 is 11.1 Å². The van der Waals surface area contributed by atoms with Crippen LogP contribution >= 0.6 is 0 Å². The summed E-state index contributed by atoms with van der Waals surface area (Å²) in [5.41, 5.74) is 5.96. The Hall–Kier alpha value is -1.62. The fraction of sp³-hybridized carbons (Fsp3) is 0.300. The normalized spacial score (nSPS) is 10.0. The van der Waals surface area contributed by atoms with Crippen molar-refractivity contribution in [1.82, 2.24) is 0 Å². The molecule has 0 saturated heterocycles. The Labute approximate surface area is 87.2 Å². The van der Waals surface area contributed by atoms with E-state index in [0.717, 1.165) is 0 Å². The number of hydrogen-bond donors (Lipinski definition) is 2. The molecule has 0 heterocycles. The highest BCUT2D eigenvalue weighted by molar-refractivity contribution is 5.91. The van der Waals surface area contributed by atoms with E-state index in [1.807, 2.05) is 0 Å². The number of rotatable bonds is 4. The highest BCUT2D eigenvalue weighted by Gasteiger charge is 2.06. The molecule has 1 aromatic rings. The first-order valence-electron chi connectivity index (χ1n) is 4.47. The molecule has 0 aromatic heterocycles. The van der Waals surface area contributed by atoms with Gasteiger partial charge in [0.1, 0.15) is 5.82 Å². The van der Waals surface area contributed by atoms with Crippen molar-refractivity contribution in [2.75, 3.05) is 24.8 Å². The van der Waals surface area contributed by atoms with E-state index in [9.17, 15) is 9.18 Å². The SMILES string of the molecule is COCCC(=O)Nc1cc(N)ccc1F. The minimum atomic E-state index is -0.505. The molecule has 0 unspecified atom stereocenters. The van der Waals surface area contributed by atoms with Crippen molar-refractivity contribution in [1.29, 1.82) is 0 Å². The summed E-state index contributed by atoms with van der Waals surface area (Å²) < 4.78 is 17.9. The van der Waals surface area contributed by atoms with E-state index in [1.165, 1.54) is 25.3 Å². The molecular formula is C10H13FN2O2. The molecule has 0 aliphatic carbocycles. The summed E-state index contributed by atoms with van der Waals surface area (Å²) in [7, 11) is 1.49. The van der Waals surface area contributed by atoms with E-state index in [2.05, 4.69) is 5.32 Å². The van der Waals surface area contributed by atoms with E-state index in [4.69, 9.17) is 10.5 Å². The Morgan fingerprint density at radius 1 is 1.60 bits per heavy atom. The van der Waals surface area contributed by atoms with Crippen molar-refractivity contribution >= 4 is 17.3 Å². The molecule has 0 radical (unpaired) electrons. The highest BCUT2D eigenvalue weighted by atomic mass is 19.1. The Bertz CT molecular complexity index is 355. The number of halogens is 1. The van der Waals surface area contributed by atoms with Gasteiger partial charge in [-0.05, 0) is 18.2 Å². The number of anilines is 2. The second-order valence-electron chi connectivity index (χ2n) is 3.03. The molecule has 82 valence electrons. The van der Waals surface area contributed by atoms with Crippen LogP contribution in [0.3, 0.4) is 0 Å². The van der Waals surface area contributed by atoms with Crippen molar-refractivity contribution in [2.45, 2.75) is 6.42 Å². The van der Waals surface area contributed by atoms with Gasteiger partial charge in [-0.3, -0.25) is 4.79 Å². The van der Waals surface area contributed by atoms with E-state index >= 15 is 0 Å². The lowest BCUT2D eigenvalue weighted by molar-refractivity contribution is -0.117. The first-order chi connectivity index (χ1) is 7.13. The maximum absolute atomic E-state index is 13.2. The number of ether oxygens (including phenoxy) is 1. The molecule has 4 nitrogen and oxygen atoms in total. The first kappa shape index (κ1) is 11.5. The topological polar surface area (TPSA) is 64.3 Å². The quantitative estimate of drug-likeness (QED) is 0.741. The summed E-state index contributed by atoms with van der Waals surface area (Å²) in [6, 6.07) is 4.02. The average Bonchev–Trinajstić information content (AvgIpc) is 2.20. The molecule has 1 rings (SSSR count). The molecule has 1 aromatic carbocycles. The lowest BCUT2D eigenvalue weighted by atomic mass is 10.2. The van der Waals surface area contributed by atoms with Crippen LogP contribution in [0.2, 0.25) is 0 Å². The van der Waals surface area contributed by atoms with Gasteiger partial charge in [-0.2, -0.15) is 0 Å². The molecule has 15 heavy (non-hydrogen) atoms. The number of nitrogens with two attached hydrogens (primary N) is 1. The zero-order valence-electron chi connectivity index (χ0n) is 8.42. The van der Waals surface area contributed by atoms with Gasteiger partial charge in [-0.1, -0.05) is 0 Å². The molecule has 5 heteroatoms. The van der Waals surface area contributed by atoms with Crippen molar-refractivity contribution in [2.24, 2.45) is 0 Å². The molecule has 0 saturated carbocycles. The van der Waals surface area contributed by atoms with E-state index < -0.39 is 5.82 Å². The van der Waals surface area contributed by atoms with E-state index in [0.29, 0.717) is 12.3 Å². The Kier molecular flexibility index (Phi) is 4.05. The summed E-state index contributed by atoms with van der Waals surface area (Å²) >= 11 is 0. The van der Waals surface area contributed by atoms with E-state index in [1.54, 1.807) is 0 Å². The zero-order chi connectivity index (χ0) is 11.3. The van der Waals surface area contributed by atoms with Crippen molar-refractivity contribution in [3.05, 3.63) is 24.0 Å². The molecule has 0 bridgehead atoms. The summed E-state index contributed by atoms with van der Waals surface area (Å²) in [4.78, 5) is 11.2. The second kappa shape index (κ2) is 5.31. The average molecular weight is 212 g/mol. The number of benzene rings is 1. The van der Waals surface area contributed by atoms with Gasteiger partial charge in [-0.25, -0.2) is 4.39 Å². The van der Waals surface area contributed by atoms with E-state index in [-0.39, 0.29) is 18.0 Å². The maximum Gasteiger partial charge on any atom is 0.226 e. The monoisotopic (exact) mass is 212 g/mol. The fourth-order valence-corrected chi connectivity index (χ4v) is 1.05. The number of hydrogen-bond acceptors (Lipinski definition) is 3. The van der Waals surface area contributed by atoms with Crippen LogP contribution in [0.5, 0.6) is 0 Å². The Balaban J connectivity index is 2.63. The number of amides is 1. The molecular weight excluding hydrogens is 199 g/mol. The van der Waals surface area contributed by atoms with Crippen LogP contribution in [-0.4, -0.2) is 19.6 Å². The molecule has 3 N–H and O–H groups in total. The minimum Gasteiger partial charge on any atom is -0.399 e. The van der Waals surface area contributed by atoms with Crippen LogP contribution in [0.4, 0.5) is 15.8 Å². The maximum atomic E-state index is 13.2. The Morgan fingerprint density at radius 2 is 2.33 bits per heavy atom. The lowest BCUT2D eigenvalue weighted by Crippen LogP contribution is -2.14. The number of nitrogen functional groups attached to an aromatic ring is 1. The summed E-state index contributed by atoms with van der Waals surface area (Å²) in [6.45, 7) is 0.301. The van der Waals surface area contributed by atoms with Crippen LogP contribution in [0.25, 0.3) is 0 Å². The van der Waals surface area contributed by atoms with Crippen molar-refractivity contribution in [3.63, 3.8) is 0 Å². The van der Waals surface area contributed by atoms with Crippen molar-refractivity contribution < 1.29 is 13.9 Å². The third-order valence-electron chi connectivity index (χ3n) is 1.80. The number of carbonyl (C=O) groups excluding carboxylic acids is 1. The summed E-state index contributed by atoms with van der Waals surface area (Å²) in [5, 5.41) is 2.41. The third kappa shape index (κ3) is 3.55. The van der Waals surface area contributed by atoms with Crippen LogP contribution in [-0.2, 0) is 9.53 Å².